The third-order valence-corrected chi connectivity index (χ3v) is 4.42. The van der Waals surface area contributed by atoms with Gasteiger partial charge in [0.05, 0.1) is 6.04 Å². The molecule has 2 fully saturated rings. The summed E-state index contributed by atoms with van der Waals surface area (Å²) in [6.45, 7) is 5.50. The van der Waals surface area contributed by atoms with Gasteiger partial charge < -0.3 is 10.2 Å². The number of nitrogens with one attached hydrogen (secondary N) is 1. The highest BCUT2D eigenvalue weighted by molar-refractivity contribution is 5.82. The molecule has 21 heavy (non-hydrogen) atoms. The van der Waals surface area contributed by atoms with Gasteiger partial charge in [0.15, 0.2) is 0 Å². The van der Waals surface area contributed by atoms with E-state index in [1.807, 2.05) is 17.2 Å². The van der Waals surface area contributed by atoms with Crippen LogP contribution in [-0.4, -0.2) is 59.5 Å². The minimum atomic E-state index is 0.0589. The van der Waals surface area contributed by atoms with Gasteiger partial charge >= 0.3 is 0 Å². The van der Waals surface area contributed by atoms with Crippen molar-refractivity contribution in [3.63, 3.8) is 0 Å². The van der Waals surface area contributed by atoms with Crippen molar-refractivity contribution in [1.29, 1.82) is 0 Å². The van der Waals surface area contributed by atoms with Crippen LogP contribution in [0.4, 0.5) is 0 Å². The van der Waals surface area contributed by atoms with Gasteiger partial charge in [-0.1, -0.05) is 12.5 Å². The highest BCUT2D eigenvalue weighted by Gasteiger charge is 2.28. The lowest BCUT2D eigenvalue weighted by Crippen LogP contribution is -2.54. The standard InChI is InChI=1S/C16H24N4O/c21-16(15-5-1-2-7-18-15)20-10-8-19(9-11-20)13-14-4-3-6-17-12-14/h3-4,6,12,15,18H,1-2,5,7-11,13H2/t15-/m0/s1. The molecule has 1 aromatic heterocycles. The molecule has 0 aromatic carbocycles. The first-order valence-electron chi connectivity index (χ1n) is 7.96. The number of carbonyl (C=O) groups is 1. The molecule has 0 saturated carbocycles. The third-order valence-electron chi connectivity index (χ3n) is 4.42. The summed E-state index contributed by atoms with van der Waals surface area (Å²) in [4.78, 5) is 21.0. The second kappa shape index (κ2) is 7.00. The van der Waals surface area contributed by atoms with E-state index in [-0.39, 0.29) is 6.04 Å². The van der Waals surface area contributed by atoms with E-state index in [9.17, 15) is 4.79 Å². The summed E-state index contributed by atoms with van der Waals surface area (Å²) in [6.07, 6.45) is 7.09. The molecule has 2 saturated heterocycles. The van der Waals surface area contributed by atoms with Crippen LogP contribution in [0.5, 0.6) is 0 Å². The Morgan fingerprint density at radius 1 is 1.29 bits per heavy atom. The number of hydrogen-bond donors (Lipinski definition) is 1. The van der Waals surface area contributed by atoms with Gasteiger partial charge in [-0.2, -0.15) is 0 Å². The van der Waals surface area contributed by atoms with Crippen LogP contribution in [0.2, 0.25) is 0 Å². The van der Waals surface area contributed by atoms with Crippen molar-refractivity contribution in [3.05, 3.63) is 30.1 Å². The topological polar surface area (TPSA) is 48.5 Å². The number of piperidine rings is 1. The molecule has 2 aliphatic rings. The zero-order chi connectivity index (χ0) is 14.5. The highest BCUT2D eigenvalue weighted by atomic mass is 16.2. The van der Waals surface area contributed by atoms with Gasteiger partial charge in [0.2, 0.25) is 5.91 Å². The predicted octanol–water partition coefficient (Wildman–Crippen LogP) is 0.868. The molecule has 5 heteroatoms. The molecular formula is C16H24N4O. The normalized spacial score (nSPS) is 24.0. The Hall–Kier alpha value is -1.46. The summed E-state index contributed by atoms with van der Waals surface area (Å²) < 4.78 is 0. The number of pyridine rings is 1. The predicted molar refractivity (Wildman–Crippen MR) is 81.7 cm³/mol. The number of nitrogens with zero attached hydrogens (tertiary/aromatic N) is 3. The molecule has 0 radical (unpaired) electrons. The quantitative estimate of drug-likeness (QED) is 0.896. The monoisotopic (exact) mass is 288 g/mol. The van der Waals surface area contributed by atoms with Crippen molar-refractivity contribution >= 4 is 5.91 Å². The minimum Gasteiger partial charge on any atom is -0.339 e. The van der Waals surface area contributed by atoms with Gasteiger partial charge in [-0.3, -0.25) is 14.7 Å². The molecule has 1 amide bonds. The second-order valence-corrected chi connectivity index (χ2v) is 5.97. The molecule has 0 aliphatic carbocycles. The molecule has 114 valence electrons. The van der Waals surface area contributed by atoms with Crippen molar-refractivity contribution in [2.45, 2.75) is 31.8 Å². The Morgan fingerprint density at radius 2 is 2.14 bits per heavy atom. The minimum absolute atomic E-state index is 0.0589. The van der Waals surface area contributed by atoms with Crippen LogP contribution in [0, 0.1) is 0 Å². The van der Waals surface area contributed by atoms with E-state index < -0.39 is 0 Å². The Bertz CT molecular complexity index is 451. The van der Waals surface area contributed by atoms with Gasteiger partial charge in [-0.25, -0.2) is 0 Å². The first-order chi connectivity index (χ1) is 10.3. The van der Waals surface area contributed by atoms with Crippen LogP contribution in [0.15, 0.2) is 24.5 Å². The van der Waals surface area contributed by atoms with E-state index in [0.29, 0.717) is 5.91 Å². The van der Waals surface area contributed by atoms with Crippen molar-refractivity contribution in [1.82, 2.24) is 20.1 Å². The maximum Gasteiger partial charge on any atom is 0.239 e. The molecule has 1 aromatic rings. The third kappa shape index (κ3) is 3.80. The lowest BCUT2D eigenvalue weighted by atomic mass is 10.0. The Labute approximate surface area is 126 Å². The maximum atomic E-state index is 12.5. The molecule has 2 aliphatic heterocycles. The number of amides is 1. The first kappa shape index (κ1) is 14.5. The van der Waals surface area contributed by atoms with Crippen LogP contribution in [0.1, 0.15) is 24.8 Å². The van der Waals surface area contributed by atoms with E-state index in [1.165, 1.54) is 18.4 Å². The van der Waals surface area contributed by atoms with Gasteiger partial charge in [0.1, 0.15) is 0 Å². The van der Waals surface area contributed by atoms with E-state index in [2.05, 4.69) is 21.3 Å². The van der Waals surface area contributed by atoms with Gasteiger partial charge in [-0.15, -0.1) is 0 Å². The number of carbonyl (C=O) groups excluding carboxylic acids is 1. The summed E-state index contributed by atoms with van der Waals surface area (Å²) in [5, 5.41) is 3.35. The van der Waals surface area contributed by atoms with Crippen LogP contribution < -0.4 is 5.32 Å². The maximum absolute atomic E-state index is 12.5. The van der Waals surface area contributed by atoms with E-state index in [0.717, 1.165) is 45.7 Å². The van der Waals surface area contributed by atoms with Crippen molar-refractivity contribution < 1.29 is 4.79 Å². The van der Waals surface area contributed by atoms with Crippen molar-refractivity contribution in [2.75, 3.05) is 32.7 Å². The summed E-state index contributed by atoms with van der Waals surface area (Å²) in [7, 11) is 0. The zero-order valence-electron chi connectivity index (χ0n) is 12.5. The molecule has 0 spiro atoms. The molecule has 1 atom stereocenters. The Balaban J connectivity index is 1.47. The number of piperazine rings is 1. The summed E-state index contributed by atoms with van der Waals surface area (Å²) in [5.74, 6) is 0.302. The fraction of sp³-hybridized carbons (Fsp3) is 0.625. The average molecular weight is 288 g/mol. The largest absolute Gasteiger partial charge is 0.339 e. The molecule has 1 N–H and O–H groups in total. The van der Waals surface area contributed by atoms with E-state index in [4.69, 9.17) is 0 Å². The lowest BCUT2D eigenvalue weighted by molar-refractivity contribution is -0.135. The van der Waals surface area contributed by atoms with Crippen LogP contribution in [0.3, 0.4) is 0 Å². The number of hydrogen-bond acceptors (Lipinski definition) is 4. The van der Waals surface area contributed by atoms with Gasteiger partial charge in [-0.05, 0) is 31.0 Å². The molecule has 3 rings (SSSR count). The van der Waals surface area contributed by atoms with Crippen LogP contribution >= 0.6 is 0 Å². The molecule has 3 heterocycles. The fourth-order valence-corrected chi connectivity index (χ4v) is 3.16. The zero-order valence-corrected chi connectivity index (χ0v) is 12.5. The first-order valence-corrected chi connectivity index (χ1v) is 7.96. The number of rotatable bonds is 3. The van der Waals surface area contributed by atoms with Crippen LogP contribution in [-0.2, 0) is 11.3 Å². The SMILES string of the molecule is O=C([C@@H]1CCCCN1)N1CCN(Cc2cccnc2)CC1. The highest BCUT2D eigenvalue weighted by Crippen LogP contribution is 2.13. The smallest absolute Gasteiger partial charge is 0.239 e. The van der Waals surface area contributed by atoms with E-state index >= 15 is 0 Å². The summed E-state index contributed by atoms with van der Waals surface area (Å²) in [6, 6.07) is 4.14. The molecule has 5 nitrogen and oxygen atoms in total. The summed E-state index contributed by atoms with van der Waals surface area (Å²) in [5.41, 5.74) is 1.24. The van der Waals surface area contributed by atoms with E-state index in [1.54, 1.807) is 6.20 Å². The number of aromatic nitrogens is 1. The van der Waals surface area contributed by atoms with Gasteiger partial charge in [0, 0.05) is 45.1 Å². The molecular weight excluding hydrogens is 264 g/mol. The second-order valence-electron chi connectivity index (χ2n) is 5.97. The Morgan fingerprint density at radius 3 is 2.81 bits per heavy atom. The van der Waals surface area contributed by atoms with Crippen molar-refractivity contribution in [3.8, 4) is 0 Å². The molecule has 0 unspecified atom stereocenters. The summed E-state index contributed by atoms with van der Waals surface area (Å²) >= 11 is 0. The fourth-order valence-electron chi connectivity index (χ4n) is 3.16. The van der Waals surface area contributed by atoms with Crippen LogP contribution in [0.25, 0.3) is 0 Å². The average Bonchev–Trinajstić information content (AvgIpc) is 2.57. The van der Waals surface area contributed by atoms with Gasteiger partial charge in [0.25, 0.3) is 0 Å². The Kier molecular flexibility index (Phi) is 4.83. The molecule has 0 bridgehead atoms. The lowest BCUT2D eigenvalue weighted by Gasteiger charge is -2.37. The van der Waals surface area contributed by atoms with Crippen molar-refractivity contribution in [2.24, 2.45) is 0 Å².